The number of hydrogen-bond donors (Lipinski definition) is 1. The van der Waals surface area contributed by atoms with Gasteiger partial charge in [-0.25, -0.2) is 12.8 Å². The Kier molecular flexibility index (Phi) is 7.34. The van der Waals surface area contributed by atoms with E-state index in [2.05, 4.69) is 5.32 Å². The Morgan fingerprint density at radius 3 is 2.25 bits per heavy atom. The molecular weight excluding hydrogens is 435 g/mol. The van der Waals surface area contributed by atoms with Crippen molar-refractivity contribution in [2.75, 3.05) is 25.5 Å². The summed E-state index contributed by atoms with van der Waals surface area (Å²) in [6.07, 6.45) is 0. The second kappa shape index (κ2) is 10.2. The van der Waals surface area contributed by atoms with Crippen LogP contribution in [0.3, 0.4) is 0 Å². The molecule has 3 aromatic carbocycles. The number of para-hydroxylation sites is 1. The number of amides is 1. The van der Waals surface area contributed by atoms with E-state index in [0.29, 0.717) is 5.69 Å². The van der Waals surface area contributed by atoms with Crippen LogP contribution in [0.1, 0.15) is 0 Å². The lowest BCUT2D eigenvalue weighted by Crippen LogP contribution is -2.34. The summed E-state index contributed by atoms with van der Waals surface area (Å²) in [5, 5.41) is 2.70. The zero-order valence-corrected chi connectivity index (χ0v) is 18.0. The molecular formula is C23H21FN2O5S. The van der Waals surface area contributed by atoms with Gasteiger partial charge in [-0.2, -0.15) is 4.31 Å². The molecule has 1 amide bonds. The van der Waals surface area contributed by atoms with Crippen LogP contribution in [-0.2, 0) is 24.3 Å². The van der Waals surface area contributed by atoms with Crippen LogP contribution in [0.4, 0.5) is 10.1 Å². The normalized spacial score (nSPS) is 11.2. The van der Waals surface area contributed by atoms with E-state index in [1.165, 1.54) is 7.05 Å². The number of ether oxygens (including phenoxy) is 1. The molecule has 0 unspecified atom stereocenters. The Balaban J connectivity index is 1.57. The first-order valence-corrected chi connectivity index (χ1v) is 11.0. The summed E-state index contributed by atoms with van der Waals surface area (Å²) in [6, 6.07) is 20.9. The Bertz CT molecular complexity index is 1200. The average molecular weight is 456 g/mol. The van der Waals surface area contributed by atoms with E-state index in [0.717, 1.165) is 39.7 Å². The fourth-order valence-corrected chi connectivity index (χ4v) is 4.01. The molecule has 0 aliphatic heterocycles. The van der Waals surface area contributed by atoms with Gasteiger partial charge in [-0.1, -0.05) is 48.5 Å². The van der Waals surface area contributed by atoms with Crippen LogP contribution < -0.4 is 5.32 Å². The molecule has 166 valence electrons. The highest BCUT2D eigenvalue weighted by molar-refractivity contribution is 7.89. The van der Waals surface area contributed by atoms with Gasteiger partial charge in [-0.15, -0.1) is 0 Å². The fraction of sp³-hybridized carbons (Fsp3) is 0.130. The van der Waals surface area contributed by atoms with Crippen molar-refractivity contribution >= 4 is 27.6 Å². The average Bonchev–Trinajstić information content (AvgIpc) is 2.79. The first kappa shape index (κ1) is 23.1. The maximum absolute atomic E-state index is 13.0. The van der Waals surface area contributed by atoms with Gasteiger partial charge < -0.3 is 10.1 Å². The highest BCUT2D eigenvalue weighted by atomic mass is 32.2. The Labute approximate surface area is 185 Å². The number of halogens is 1. The predicted octanol–water partition coefficient (Wildman–Crippen LogP) is 3.30. The highest BCUT2D eigenvalue weighted by Crippen LogP contribution is 2.27. The molecule has 0 atom stereocenters. The van der Waals surface area contributed by atoms with E-state index in [9.17, 15) is 22.4 Å². The van der Waals surface area contributed by atoms with E-state index in [1.807, 2.05) is 42.5 Å². The number of benzene rings is 3. The number of anilines is 1. The lowest BCUT2D eigenvalue weighted by molar-refractivity contribution is -0.147. The van der Waals surface area contributed by atoms with E-state index >= 15 is 0 Å². The third-order valence-electron chi connectivity index (χ3n) is 4.52. The molecule has 32 heavy (non-hydrogen) atoms. The number of sulfonamides is 1. The maximum atomic E-state index is 13.0. The van der Waals surface area contributed by atoms with Crippen LogP contribution >= 0.6 is 0 Å². The first-order valence-electron chi connectivity index (χ1n) is 9.59. The molecule has 3 rings (SSSR count). The van der Waals surface area contributed by atoms with Gasteiger partial charge in [0.25, 0.3) is 5.91 Å². The maximum Gasteiger partial charge on any atom is 0.321 e. The molecule has 0 aliphatic carbocycles. The smallest absolute Gasteiger partial charge is 0.321 e. The lowest BCUT2D eigenvalue weighted by Gasteiger charge is -2.16. The van der Waals surface area contributed by atoms with Gasteiger partial charge in [-0.3, -0.25) is 9.59 Å². The fourth-order valence-electron chi connectivity index (χ4n) is 2.89. The number of nitrogens with one attached hydrogen (secondary N) is 1. The number of hydrogen-bond acceptors (Lipinski definition) is 5. The minimum atomic E-state index is -4.01. The minimum Gasteiger partial charge on any atom is -0.455 e. The molecule has 9 heteroatoms. The highest BCUT2D eigenvalue weighted by Gasteiger charge is 2.24. The summed E-state index contributed by atoms with van der Waals surface area (Å²) in [6.45, 7) is -1.18. The van der Waals surface area contributed by atoms with Crippen molar-refractivity contribution in [3.63, 3.8) is 0 Å². The molecule has 0 fully saturated rings. The zero-order valence-electron chi connectivity index (χ0n) is 17.2. The van der Waals surface area contributed by atoms with Crippen LogP contribution in [-0.4, -0.2) is 44.8 Å². The predicted molar refractivity (Wildman–Crippen MR) is 118 cm³/mol. The summed E-state index contributed by atoms with van der Waals surface area (Å²) >= 11 is 0. The van der Waals surface area contributed by atoms with Crippen LogP contribution in [0.25, 0.3) is 11.1 Å². The van der Waals surface area contributed by atoms with Crippen LogP contribution in [0.2, 0.25) is 0 Å². The largest absolute Gasteiger partial charge is 0.455 e. The van der Waals surface area contributed by atoms with Crippen molar-refractivity contribution in [1.29, 1.82) is 0 Å². The SMILES string of the molecule is CN(CC(=O)OCC(=O)Nc1ccccc1-c1ccccc1)S(=O)(=O)c1ccc(F)cc1. The number of nitrogens with zero attached hydrogens (tertiary/aromatic N) is 1. The second-order valence-corrected chi connectivity index (χ2v) is 8.88. The van der Waals surface area contributed by atoms with Crippen molar-refractivity contribution in [3.05, 3.63) is 84.7 Å². The molecule has 0 spiro atoms. The Hall–Kier alpha value is -3.56. The van der Waals surface area contributed by atoms with Crippen molar-refractivity contribution in [1.82, 2.24) is 4.31 Å². The summed E-state index contributed by atoms with van der Waals surface area (Å²) in [7, 11) is -2.82. The number of likely N-dealkylation sites (N-methyl/N-ethyl adjacent to an activating group) is 1. The summed E-state index contributed by atoms with van der Waals surface area (Å²) in [5.74, 6) is -2.04. The third kappa shape index (κ3) is 5.77. The monoisotopic (exact) mass is 456 g/mol. The van der Waals surface area contributed by atoms with Gasteiger partial charge in [0, 0.05) is 18.3 Å². The molecule has 0 radical (unpaired) electrons. The number of esters is 1. The van der Waals surface area contributed by atoms with Crippen molar-refractivity contribution in [2.24, 2.45) is 0 Å². The molecule has 0 saturated carbocycles. The molecule has 0 aliphatic rings. The van der Waals surface area contributed by atoms with E-state index in [4.69, 9.17) is 4.74 Å². The van der Waals surface area contributed by atoms with Crippen LogP contribution in [0.15, 0.2) is 83.8 Å². The molecule has 0 heterocycles. The van der Waals surface area contributed by atoms with Crippen LogP contribution in [0.5, 0.6) is 0 Å². The van der Waals surface area contributed by atoms with Gasteiger partial charge in [0.1, 0.15) is 12.4 Å². The van der Waals surface area contributed by atoms with E-state index in [-0.39, 0.29) is 4.90 Å². The second-order valence-electron chi connectivity index (χ2n) is 6.84. The van der Waals surface area contributed by atoms with Gasteiger partial charge in [0.15, 0.2) is 6.61 Å². The molecule has 1 N–H and O–H groups in total. The summed E-state index contributed by atoms with van der Waals surface area (Å²) in [5.41, 5.74) is 2.27. The topological polar surface area (TPSA) is 92.8 Å². The van der Waals surface area contributed by atoms with Gasteiger partial charge in [0.05, 0.1) is 4.90 Å². The van der Waals surface area contributed by atoms with Crippen molar-refractivity contribution < 1.29 is 27.1 Å². The van der Waals surface area contributed by atoms with E-state index in [1.54, 1.807) is 12.1 Å². The van der Waals surface area contributed by atoms with Crippen molar-refractivity contribution in [2.45, 2.75) is 4.90 Å². The Morgan fingerprint density at radius 2 is 1.56 bits per heavy atom. The quantitative estimate of drug-likeness (QED) is 0.525. The zero-order chi connectivity index (χ0) is 23.1. The summed E-state index contributed by atoms with van der Waals surface area (Å²) < 4.78 is 43.6. The number of carbonyl (C=O) groups excluding carboxylic acids is 2. The molecule has 0 bridgehead atoms. The summed E-state index contributed by atoms with van der Waals surface area (Å²) in [4.78, 5) is 24.2. The third-order valence-corrected chi connectivity index (χ3v) is 6.34. The van der Waals surface area contributed by atoms with Crippen LogP contribution in [0, 0.1) is 5.82 Å². The van der Waals surface area contributed by atoms with E-state index < -0.39 is 40.9 Å². The Morgan fingerprint density at radius 1 is 0.938 bits per heavy atom. The molecule has 3 aromatic rings. The van der Waals surface area contributed by atoms with Gasteiger partial charge in [-0.05, 0) is 35.9 Å². The van der Waals surface area contributed by atoms with Gasteiger partial charge >= 0.3 is 5.97 Å². The molecule has 0 aromatic heterocycles. The molecule has 0 saturated heterocycles. The van der Waals surface area contributed by atoms with Gasteiger partial charge in [0.2, 0.25) is 10.0 Å². The molecule has 7 nitrogen and oxygen atoms in total. The van der Waals surface area contributed by atoms with Crippen molar-refractivity contribution in [3.8, 4) is 11.1 Å². The number of carbonyl (C=O) groups is 2. The number of rotatable bonds is 8. The lowest BCUT2D eigenvalue weighted by atomic mass is 10.0. The first-order chi connectivity index (χ1) is 15.3. The minimum absolute atomic E-state index is 0.163. The standard InChI is InChI=1S/C23H21FN2O5S/c1-26(32(29,30)19-13-11-18(24)12-14-19)15-23(28)31-16-22(27)25-21-10-6-5-9-20(21)17-7-3-2-4-8-17/h2-14H,15-16H2,1H3,(H,25,27).